The van der Waals surface area contributed by atoms with Crippen LogP contribution in [0.1, 0.15) is 24.0 Å². The molecule has 4 nitrogen and oxygen atoms in total. The summed E-state index contributed by atoms with van der Waals surface area (Å²) in [6.45, 7) is 0.667. The smallest absolute Gasteiger partial charge is 0.285 e. The number of hydrazine groups is 1. The molecule has 3 rings (SSSR count). The summed E-state index contributed by atoms with van der Waals surface area (Å²) < 4.78 is 1.74. The zero-order chi connectivity index (χ0) is 11.1. The molecule has 0 atom stereocenters. The molecule has 16 heavy (non-hydrogen) atoms. The molecular weight excluding hydrogens is 202 g/mol. The van der Waals surface area contributed by atoms with E-state index in [1.54, 1.807) is 4.68 Å². The second-order valence-electron chi connectivity index (χ2n) is 4.38. The van der Waals surface area contributed by atoms with Crippen LogP contribution in [0.2, 0.25) is 0 Å². The Kier molecular flexibility index (Phi) is 1.96. The molecule has 4 heteroatoms. The Morgan fingerprint density at radius 3 is 2.81 bits per heavy atom. The van der Waals surface area contributed by atoms with Crippen LogP contribution in [0.5, 0.6) is 0 Å². The monoisotopic (exact) mass is 216 g/mol. The number of hydrogen-bond donors (Lipinski definition) is 2. The molecule has 0 radical (unpaired) electrons. The van der Waals surface area contributed by atoms with Gasteiger partial charge in [-0.3, -0.25) is 10.5 Å². The number of nitrogens with zero attached hydrogens (tertiary/aromatic N) is 1. The van der Waals surface area contributed by atoms with Crippen molar-refractivity contribution in [3.63, 3.8) is 0 Å². The van der Waals surface area contributed by atoms with Crippen LogP contribution < -0.4 is 11.2 Å². The van der Waals surface area contributed by atoms with Crippen molar-refractivity contribution in [1.29, 1.82) is 0 Å². The van der Waals surface area contributed by atoms with Crippen molar-refractivity contribution in [3.8, 4) is 0 Å². The Morgan fingerprint density at radius 2 is 2.12 bits per heavy atom. The number of hydrogen-bond acceptors (Lipinski definition) is 2. The lowest BCUT2D eigenvalue weighted by Crippen LogP contribution is -2.39. The van der Waals surface area contributed by atoms with Crippen molar-refractivity contribution in [2.75, 3.05) is 0 Å². The first-order valence-corrected chi connectivity index (χ1v) is 5.54. The molecule has 1 saturated carbocycles. The Morgan fingerprint density at radius 1 is 1.38 bits per heavy atom. The van der Waals surface area contributed by atoms with E-state index in [0.717, 1.165) is 24.0 Å². The Hall–Kier alpha value is -1.84. The molecule has 0 unspecified atom stereocenters. The van der Waals surface area contributed by atoms with E-state index in [-0.39, 0.29) is 11.8 Å². The van der Waals surface area contributed by atoms with Gasteiger partial charge >= 0.3 is 0 Å². The second kappa shape index (κ2) is 3.33. The SMILES string of the molecule is NC1=[N+](NC(=O)C2CC2)Cc2ccccc21. The van der Waals surface area contributed by atoms with E-state index in [2.05, 4.69) is 5.43 Å². The Balaban J connectivity index is 1.83. The fourth-order valence-corrected chi connectivity index (χ4v) is 1.98. The van der Waals surface area contributed by atoms with Crippen LogP contribution in [0.15, 0.2) is 24.3 Å². The maximum atomic E-state index is 11.6. The average molecular weight is 216 g/mol. The molecule has 1 aliphatic carbocycles. The molecule has 1 aromatic carbocycles. The number of amides is 1. The van der Waals surface area contributed by atoms with E-state index in [0.29, 0.717) is 12.4 Å². The summed E-state index contributed by atoms with van der Waals surface area (Å²) in [5.41, 5.74) is 11.0. The zero-order valence-corrected chi connectivity index (χ0v) is 8.94. The number of nitrogens with one attached hydrogen (secondary N) is 1. The number of fused-ring (bicyclic) bond motifs is 1. The van der Waals surface area contributed by atoms with E-state index < -0.39 is 0 Å². The van der Waals surface area contributed by atoms with E-state index >= 15 is 0 Å². The number of nitrogens with two attached hydrogens (primary N) is 1. The van der Waals surface area contributed by atoms with E-state index in [9.17, 15) is 4.79 Å². The molecule has 1 heterocycles. The van der Waals surface area contributed by atoms with Crippen LogP contribution in [-0.2, 0) is 11.3 Å². The van der Waals surface area contributed by atoms with Gasteiger partial charge in [0, 0.05) is 11.5 Å². The summed E-state index contributed by atoms with van der Waals surface area (Å²) in [6, 6.07) is 7.95. The third-order valence-corrected chi connectivity index (χ3v) is 3.11. The summed E-state index contributed by atoms with van der Waals surface area (Å²) >= 11 is 0. The van der Waals surface area contributed by atoms with Crippen LogP contribution in [-0.4, -0.2) is 16.4 Å². The quantitative estimate of drug-likeness (QED) is 0.701. The Bertz CT molecular complexity index is 489. The van der Waals surface area contributed by atoms with Crippen LogP contribution in [0.3, 0.4) is 0 Å². The highest BCUT2D eigenvalue weighted by molar-refractivity contribution is 5.96. The molecule has 2 aliphatic rings. The Labute approximate surface area is 93.7 Å². The minimum absolute atomic E-state index is 0.0933. The largest absolute Gasteiger partial charge is 0.299 e. The van der Waals surface area contributed by atoms with Gasteiger partial charge in [-0.2, -0.15) is 10.1 Å². The molecule has 3 N–H and O–H groups in total. The average Bonchev–Trinajstić information content (AvgIpc) is 3.08. The fraction of sp³-hybridized carbons (Fsp3) is 0.333. The van der Waals surface area contributed by atoms with Gasteiger partial charge in [-0.05, 0) is 18.9 Å². The van der Waals surface area contributed by atoms with Gasteiger partial charge in [-0.1, -0.05) is 18.2 Å². The molecule has 0 bridgehead atoms. The normalized spacial score (nSPS) is 18.5. The second-order valence-corrected chi connectivity index (χ2v) is 4.38. The minimum atomic E-state index is 0.0933. The number of hydrazone groups is 1. The summed E-state index contributed by atoms with van der Waals surface area (Å²) in [4.78, 5) is 11.6. The topological polar surface area (TPSA) is 58.1 Å². The fourth-order valence-electron chi connectivity index (χ4n) is 1.98. The first kappa shape index (κ1) is 9.39. The van der Waals surface area contributed by atoms with Gasteiger partial charge in [-0.25, -0.2) is 0 Å². The van der Waals surface area contributed by atoms with Gasteiger partial charge in [0.05, 0.1) is 5.56 Å². The van der Waals surface area contributed by atoms with Crippen LogP contribution in [0, 0.1) is 5.92 Å². The molecule has 0 saturated heterocycles. The number of amidine groups is 1. The lowest BCUT2D eigenvalue weighted by molar-refractivity contribution is -0.586. The highest BCUT2D eigenvalue weighted by atomic mass is 16.2. The van der Waals surface area contributed by atoms with Crippen molar-refractivity contribution >= 4 is 11.7 Å². The summed E-state index contributed by atoms with van der Waals surface area (Å²) in [6.07, 6.45) is 2.01. The number of carbonyl (C=O) groups excluding carboxylic acids is 1. The molecule has 0 aromatic heterocycles. The third kappa shape index (κ3) is 1.46. The van der Waals surface area contributed by atoms with E-state index in [4.69, 9.17) is 5.73 Å². The predicted molar refractivity (Wildman–Crippen MR) is 59.6 cm³/mol. The van der Waals surface area contributed by atoms with Crippen molar-refractivity contribution in [2.24, 2.45) is 11.7 Å². The summed E-state index contributed by atoms with van der Waals surface area (Å²) in [7, 11) is 0. The van der Waals surface area contributed by atoms with Crippen molar-refractivity contribution < 1.29 is 9.48 Å². The van der Waals surface area contributed by atoms with Crippen LogP contribution in [0.25, 0.3) is 0 Å². The zero-order valence-electron chi connectivity index (χ0n) is 8.94. The number of benzene rings is 1. The van der Waals surface area contributed by atoms with E-state index in [1.807, 2.05) is 24.3 Å². The number of rotatable bonds is 2. The molecule has 82 valence electrons. The summed E-state index contributed by atoms with van der Waals surface area (Å²) in [5, 5.41) is 0. The summed E-state index contributed by atoms with van der Waals surface area (Å²) in [5.74, 6) is 0.942. The van der Waals surface area contributed by atoms with Crippen molar-refractivity contribution in [2.45, 2.75) is 19.4 Å². The van der Waals surface area contributed by atoms with Gasteiger partial charge in [0.25, 0.3) is 11.7 Å². The van der Waals surface area contributed by atoms with Gasteiger partial charge in [-0.15, -0.1) is 0 Å². The van der Waals surface area contributed by atoms with Crippen molar-refractivity contribution in [3.05, 3.63) is 35.4 Å². The lowest BCUT2D eigenvalue weighted by atomic mass is 10.1. The van der Waals surface area contributed by atoms with Gasteiger partial charge in [0.1, 0.15) is 6.54 Å². The first-order chi connectivity index (χ1) is 7.75. The highest BCUT2D eigenvalue weighted by Crippen LogP contribution is 2.29. The maximum Gasteiger partial charge on any atom is 0.299 e. The van der Waals surface area contributed by atoms with Crippen LogP contribution in [0.4, 0.5) is 0 Å². The van der Waals surface area contributed by atoms with E-state index in [1.165, 1.54) is 0 Å². The first-order valence-electron chi connectivity index (χ1n) is 5.54. The predicted octanol–water partition coefficient (Wildman–Crippen LogP) is 0.359. The van der Waals surface area contributed by atoms with Gasteiger partial charge in [0.15, 0.2) is 0 Å². The standard InChI is InChI=1S/C12H13N3O/c13-11-10-4-2-1-3-9(10)7-15(11)14-12(16)8-5-6-8/h1-4,8,13H,5-7H2,(H,14,16)/p+1. The van der Waals surface area contributed by atoms with Gasteiger partial charge in [0.2, 0.25) is 0 Å². The number of carbonyl (C=O) groups is 1. The molecule has 1 fully saturated rings. The van der Waals surface area contributed by atoms with Crippen molar-refractivity contribution in [1.82, 2.24) is 5.43 Å². The molecular formula is C12H14N3O+. The molecule has 1 amide bonds. The molecule has 0 spiro atoms. The van der Waals surface area contributed by atoms with Gasteiger partial charge < -0.3 is 0 Å². The lowest BCUT2D eigenvalue weighted by Gasteiger charge is -2.03. The molecule has 1 aliphatic heterocycles. The molecule has 1 aromatic rings. The third-order valence-electron chi connectivity index (χ3n) is 3.11. The highest BCUT2D eigenvalue weighted by Gasteiger charge is 2.33. The maximum absolute atomic E-state index is 11.6. The van der Waals surface area contributed by atoms with Crippen LogP contribution >= 0.6 is 0 Å². The minimum Gasteiger partial charge on any atom is -0.285 e.